The molecule has 0 radical (unpaired) electrons. The quantitative estimate of drug-likeness (QED) is 0.866. The van der Waals surface area contributed by atoms with E-state index < -0.39 is 0 Å². The number of hydrogen-bond acceptors (Lipinski definition) is 5. The topological polar surface area (TPSA) is 60.0 Å². The Balaban J connectivity index is 1.44. The maximum atomic E-state index is 12.2. The van der Waals surface area contributed by atoms with Crippen molar-refractivity contribution in [2.75, 3.05) is 40.0 Å². The summed E-state index contributed by atoms with van der Waals surface area (Å²) in [6.07, 6.45) is 0.525. The maximum Gasteiger partial charge on any atom is 0.224 e. The van der Waals surface area contributed by atoms with Crippen molar-refractivity contribution in [3.05, 3.63) is 24.3 Å². The van der Waals surface area contributed by atoms with E-state index in [-0.39, 0.29) is 18.1 Å². The van der Waals surface area contributed by atoms with Crippen molar-refractivity contribution in [3.63, 3.8) is 0 Å². The van der Waals surface area contributed by atoms with E-state index in [2.05, 4.69) is 5.32 Å². The highest BCUT2D eigenvalue weighted by Gasteiger charge is 2.33. The Kier molecular flexibility index (Phi) is 4.80. The first-order valence-electron chi connectivity index (χ1n) is 7.65. The number of nitrogens with zero attached hydrogens (tertiary/aromatic N) is 1. The summed E-state index contributed by atoms with van der Waals surface area (Å²) in [5.74, 6) is 1.60. The van der Waals surface area contributed by atoms with Crippen molar-refractivity contribution in [3.8, 4) is 11.5 Å². The predicted molar refractivity (Wildman–Crippen MR) is 81.2 cm³/mol. The van der Waals surface area contributed by atoms with Gasteiger partial charge in [0.05, 0.1) is 33.4 Å². The molecule has 1 amide bonds. The van der Waals surface area contributed by atoms with Crippen molar-refractivity contribution in [1.82, 2.24) is 10.2 Å². The number of rotatable bonds is 5. The van der Waals surface area contributed by atoms with Gasteiger partial charge in [0.1, 0.15) is 6.10 Å². The van der Waals surface area contributed by atoms with Crippen LogP contribution in [0.15, 0.2) is 24.3 Å². The van der Waals surface area contributed by atoms with Gasteiger partial charge in [0.25, 0.3) is 0 Å². The lowest BCUT2D eigenvalue weighted by Crippen LogP contribution is -2.57. The summed E-state index contributed by atoms with van der Waals surface area (Å²) in [5, 5.41) is 3.30. The molecule has 1 aromatic carbocycles. The molecule has 2 saturated heterocycles. The van der Waals surface area contributed by atoms with Crippen LogP contribution in [0.4, 0.5) is 0 Å². The Hall–Kier alpha value is -1.79. The van der Waals surface area contributed by atoms with E-state index in [0.29, 0.717) is 26.1 Å². The third-order valence-corrected chi connectivity index (χ3v) is 3.98. The van der Waals surface area contributed by atoms with E-state index in [1.54, 1.807) is 7.11 Å². The molecule has 6 nitrogen and oxygen atoms in total. The molecular formula is C16H22N2O4. The van der Waals surface area contributed by atoms with Gasteiger partial charge in [-0.2, -0.15) is 0 Å². The highest BCUT2D eigenvalue weighted by molar-refractivity contribution is 5.77. The summed E-state index contributed by atoms with van der Waals surface area (Å²) < 4.78 is 16.5. The van der Waals surface area contributed by atoms with E-state index in [0.717, 1.165) is 24.7 Å². The average Bonchev–Trinajstić information content (AvgIpc) is 2.51. The van der Waals surface area contributed by atoms with Crippen molar-refractivity contribution in [2.45, 2.75) is 18.6 Å². The second-order valence-electron chi connectivity index (χ2n) is 5.62. The van der Waals surface area contributed by atoms with Gasteiger partial charge in [-0.25, -0.2) is 0 Å². The van der Waals surface area contributed by atoms with Gasteiger partial charge in [0.2, 0.25) is 5.91 Å². The molecule has 0 spiro atoms. The zero-order valence-electron chi connectivity index (χ0n) is 12.8. The number of carbonyl (C=O) groups excluding carboxylic acids is 1. The second kappa shape index (κ2) is 6.98. The zero-order valence-corrected chi connectivity index (χ0v) is 12.8. The lowest BCUT2D eigenvalue weighted by atomic mass is 10.1. The molecule has 0 aromatic heterocycles. The summed E-state index contributed by atoms with van der Waals surface area (Å²) in [7, 11) is 1.62. The van der Waals surface area contributed by atoms with Gasteiger partial charge in [-0.3, -0.25) is 4.79 Å². The van der Waals surface area contributed by atoms with Crippen LogP contribution >= 0.6 is 0 Å². The third-order valence-electron chi connectivity index (χ3n) is 3.98. The summed E-state index contributed by atoms with van der Waals surface area (Å²) in [6.45, 7) is 3.41. The molecule has 0 aliphatic carbocycles. The molecule has 2 fully saturated rings. The number of methoxy groups -OCH3 is 1. The molecule has 6 heteroatoms. The van der Waals surface area contributed by atoms with E-state index in [4.69, 9.17) is 14.2 Å². The van der Waals surface area contributed by atoms with E-state index in [1.807, 2.05) is 29.2 Å². The Bertz CT molecular complexity index is 511. The van der Waals surface area contributed by atoms with Crippen LogP contribution in [-0.2, 0) is 9.53 Å². The van der Waals surface area contributed by atoms with Crippen molar-refractivity contribution in [1.29, 1.82) is 0 Å². The number of likely N-dealkylation sites (tertiary alicyclic amines) is 1. The fourth-order valence-corrected chi connectivity index (χ4v) is 2.70. The Morgan fingerprint density at radius 1 is 1.36 bits per heavy atom. The van der Waals surface area contributed by atoms with Crippen molar-refractivity contribution < 1.29 is 19.0 Å². The number of hydrogen-bond donors (Lipinski definition) is 1. The molecule has 0 unspecified atom stereocenters. The van der Waals surface area contributed by atoms with Crippen LogP contribution < -0.4 is 14.8 Å². The number of ether oxygens (including phenoxy) is 3. The predicted octanol–water partition coefficient (Wildman–Crippen LogP) is 0.663. The minimum atomic E-state index is 0.0378. The molecule has 1 atom stereocenters. The highest BCUT2D eigenvalue weighted by Crippen LogP contribution is 2.28. The van der Waals surface area contributed by atoms with Gasteiger partial charge in [-0.1, -0.05) is 12.1 Å². The lowest BCUT2D eigenvalue weighted by molar-refractivity contribution is -0.141. The van der Waals surface area contributed by atoms with Crippen LogP contribution in [-0.4, -0.2) is 62.9 Å². The Morgan fingerprint density at radius 2 is 2.14 bits per heavy atom. The van der Waals surface area contributed by atoms with Gasteiger partial charge in [-0.05, 0) is 12.1 Å². The standard InChI is InChI=1S/C16H22N2O4/c1-20-14-4-2-3-5-15(14)22-13-9-18(10-13)16(19)8-12-11-21-7-6-17-12/h2-5,12-13,17H,6-11H2,1H3/t12-/m0/s1. The number of morpholine rings is 1. The smallest absolute Gasteiger partial charge is 0.224 e. The van der Waals surface area contributed by atoms with Crippen LogP contribution in [0.5, 0.6) is 11.5 Å². The Morgan fingerprint density at radius 3 is 2.82 bits per heavy atom. The molecule has 2 heterocycles. The normalized spacial score (nSPS) is 22.0. The fourth-order valence-electron chi connectivity index (χ4n) is 2.70. The summed E-state index contributed by atoms with van der Waals surface area (Å²) >= 11 is 0. The third kappa shape index (κ3) is 3.51. The number of para-hydroxylation sites is 2. The number of benzene rings is 1. The van der Waals surface area contributed by atoms with Crippen molar-refractivity contribution in [2.24, 2.45) is 0 Å². The van der Waals surface area contributed by atoms with E-state index in [9.17, 15) is 4.79 Å². The molecule has 1 N–H and O–H groups in total. The van der Waals surface area contributed by atoms with Gasteiger partial charge >= 0.3 is 0 Å². The molecular weight excluding hydrogens is 284 g/mol. The molecule has 2 aliphatic heterocycles. The summed E-state index contributed by atoms with van der Waals surface area (Å²) in [4.78, 5) is 14.0. The molecule has 3 rings (SSSR count). The molecule has 0 saturated carbocycles. The fraction of sp³-hybridized carbons (Fsp3) is 0.562. The second-order valence-corrected chi connectivity index (χ2v) is 5.62. The maximum absolute atomic E-state index is 12.2. The average molecular weight is 306 g/mol. The van der Waals surface area contributed by atoms with E-state index in [1.165, 1.54) is 0 Å². The summed E-state index contributed by atoms with van der Waals surface area (Å²) in [6, 6.07) is 7.70. The minimum Gasteiger partial charge on any atom is -0.493 e. The zero-order chi connectivity index (χ0) is 15.4. The summed E-state index contributed by atoms with van der Waals surface area (Å²) in [5.41, 5.74) is 0. The van der Waals surface area contributed by atoms with Crippen LogP contribution in [0.3, 0.4) is 0 Å². The van der Waals surface area contributed by atoms with Gasteiger partial charge in [0.15, 0.2) is 11.5 Å². The van der Waals surface area contributed by atoms with Crippen LogP contribution in [0.2, 0.25) is 0 Å². The van der Waals surface area contributed by atoms with Crippen LogP contribution in [0, 0.1) is 0 Å². The number of nitrogens with one attached hydrogen (secondary N) is 1. The van der Waals surface area contributed by atoms with Crippen LogP contribution in [0.1, 0.15) is 6.42 Å². The minimum absolute atomic E-state index is 0.0378. The lowest BCUT2D eigenvalue weighted by Gasteiger charge is -2.40. The highest BCUT2D eigenvalue weighted by atomic mass is 16.5. The first-order valence-corrected chi connectivity index (χ1v) is 7.65. The van der Waals surface area contributed by atoms with Gasteiger partial charge in [-0.15, -0.1) is 0 Å². The molecule has 120 valence electrons. The molecule has 0 bridgehead atoms. The number of carbonyl (C=O) groups is 1. The first-order chi connectivity index (χ1) is 10.8. The first kappa shape index (κ1) is 15.1. The van der Waals surface area contributed by atoms with Crippen LogP contribution in [0.25, 0.3) is 0 Å². The number of amides is 1. The van der Waals surface area contributed by atoms with E-state index >= 15 is 0 Å². The van der Waals surface area contributed by atoms with Crippen molar-refractivity contribution >= 4 is 5.91 Å². The largest absolute Gasteiger partial charge is 0.493 e. The van der Waals surface area contributed by atoms with Gasteiger partial charge < -0.3 is 24.4 Å². The molecule has 2 aliphatic rings. The monoisotopic (exact) mass is 306 g/mol. The molecule has 22 heavy (non-hydrogen) atoms. The van der Waals surface area contributed by atoms with Gasteiger partial charge in [0, 0.05) is 19.0 Å². The SMILES string of the molecule is COc1ccccc1OC1CN(C(=O)C[C@H]2COCCN2)C1. The molecule has 1 aromatic rings. The Labute approximate surface area is 130 Å².